The SMILES string of the molecule is Nc1nc([As]CCCn2cc(C(=O)O)c(-c3ccc(Cl)cc3Cl)c2)ccc1[N+](=O)[O-]. The van der Waals surface area contributed by atoms with Gasteiger partial charge in [-0.2, -0.15) is 0 Å². The number of nitrogens with zero attached hydrogens (tertiary/aromatic N) is 3. The number of anilines is 1. The summed E-state index contributed by atoms with van der Waals surface area (Å²) in [5, 5.41) is 22.1. The Hall–Kier alpha value is -2.54. The molecule has 155 valence electrons. The number of aromatic nitrogens is 2. The first-order valence-corrected chi connectivity index (χ1v) is 11.8. The van der Waals surface area contributed by atoms with Crippen molar-refractivity contribution >= 4 is 60.9 Å². The molecule has 3 rings (SSSR count). The third kappa shape index (κ3) is 5.14. The van der Waals surface area contributed by atoms with E-state index in [1.165, 1.54) is 6.07 Å². The van der Waals surface area contributed by atoms with Gasteiger partial charge in [-0.25, -0.2) is 0 Å². The van der Waals surface area contributed by atoms with E-state index in [4.69, 9.17) is 28.9 Å². The number of carboxylic acids is 1. The number of carbonyl (C=O) groups is 1. The molecule has 30 heavy (non-hydrogen) atoms. The van der Waals surface area contributed by atoms with E-state index in [2.05, 4.69) is 4.98 Å². The predicted molar refractivity (Wildman–Crippen MR) is 117 cm³/mol. The van der Waals surface area contributed by atoms with Crippen LogP contribution in [0.15, 0.2) is 42.7 Å². The molecule has 0 atom stereocenters. The molecule has 1 radical (unpaired) electrons. The van der Waals surface area contributed by atoms with E-state index in [1.807, 2.05) is 4.57 Å². The fourth-order valence-electron chi connectivity index (χ4n) is 2.88. The third-order valence-corrected chi connectivity index (χ3v) is 7.15. The monoisotopic (exact) mass is 509 g/mol. The second-order valence-corrected chi connectivity index (χ2v) is 9.73. The number of rotatable bonds is 8. The van der Waals surface area contributed by atoms with E-state index >= 15 is 0 Å². The van der Waals surface area contributed by atoms with Gasteiger partial charge in [0, 0.05) is 0 Å². The van der Waals surface area contributed by atoms with Crippen molar-refractivity contribution in [1.82, 2.24) is 9.55 Å². The van der Waals surface area contributed by atoms with Crippen LogP contribution in [0.3, 0.4) is 0 Å². The van der Waals surface area contributed by atoms with Crippen molar-refractivity contribution < 1.29 is 14.8 Å². The zero-order chi connectivity index (χ0) is 21.8. The van der Waals surface area contributed by atoms with E-state index in [0.29, 0.717) is 27.7 Å². The number of carboxylic acid groups (broad SMARTS) is 1. The van der Waals surface area contributed by atoms with Crippen molar-refractivity contribution in [3.63, 3.8) is 0 Å². The molecule has 0 bridgehead atoms. The molecule has 0 unspecified atom stereocenters. The molecule has 3 aromatic rings. The number of benzene rings is 1. The first kappa shape index (κ1) is 22.2. The van der Waals surface area contributed by atoms with E-state index < -0.39 is 10.9 Å². The van der Waals surface area contributed by atoms with E-state index in [9.17, 15) is 20.0 Å². The average molecular weight is 510 g/mol. The molecule has 3 N–H and O–H groups in total. The zero-order valence-corrected chi connectivity index (χ0v) is 18.8. The Bertz CT molecular complexity index is 1120. The molecule has 0 aliphatic rings. The maximum atomic E-state index is 11.7. The van der Waals surface area contributed by atoms with E-state index in [1.54, 1.807) is 36.7 Å². The predicted octanol–water partition coefficient (Wildman–Crippen LogP) is 3.88. The van der Waals surface area contributed by atoms with Crippen LogP contribution in [0.5, 0.6) is 0 Å². The first-order valence-electron chi connectivity index (χ1n) is 8.73. The van der Waals surface area contributed by atoms with Crippen LogP contribution in [0.25, 0.3) is 11.1 Å². The molecular weight excluding hydrogens is 494 g/mol. The van der Waals surface area contributed by atoms with Gasteiger partial charge in [0.25, 0.3) is 0 Å². The first-order chi connectivity index (χ1) is 14.3. The Balaban J connectivity index is 1.67. The van der Waals surface area contributed by atoms with Crippen molar-refractivity contribution in [2.24, 2.45) is 0 Å². The van der Waals surface area contributed by atoms with Gasteiger partial charge in [-0.3, -0.25) is 0 Å². The number of aryl methyl sites for hydroxylation is 1. The Morgan fingerprint density at radius 1 is 1.23 bits per heavy atom. The summed E-state index contributed by atoms with van der Waals surface area (Å²) in [7, 11) is 0. The summed E-state index contributed by atoms with van der Waals surface area (Å²) in [5.74, 6) is -1.11. The van der Waals surface area contributed by atoms with Gasteiger partial charge in [-0.1, -0.05) is 0 Å². The Morgan fingerprint density at radius 3 is 2.63 bits per heavy atom. The Labute approximate surface area is 188 Å². The third-order valence-electron chi connectivity index (χ3n) is 4.26. The molecule has 0 fully saturated rings. The normalized spacial score (nSPS) is 11.3. The molecule has 0 saturated carbocycles. The van der Waals surface area contributed by atoms with Gasteiger partial charge in [0.1, 0.15) is 0 Å². The standard InChI is InChI=1S/C19H16AsCl2N4O4/c21-11-2-3-12(15(22)8-11)13-9-25(10-14(13)19(27)28)7-1-6-20-17-5-4-16(26(29)30)18(23)24-17/h2-5,8-10H,1,6-7H2,(H2,23,24)(H,27,28). The van der Waals surface area contributed by atoms with Crippen LogP contribution in [0.1, 0.15) is 16.8 Å². The molecule has 8 nitrogen and oxygen atoms in total. The minimum absolute atomic E-state index is 0.0752. The molecule has 2 aromatic heterocycles. The van der Waals surface area contributed by atoms with Gasteiger partial charge in [0.05, 0.1) is 0 Å². The Kier molecular flexibility index (Phi) is 7.02. The molecule has 11 heteroatoms. The van der Waals surface area contributed by atoms with Gasteiger partial charge in [0.2, 0.25) is 0 Å². The summed E-state index contributed by atoms with van der Waals surface area (Å²) in [6.07, 6.45) is 4.14. The second-order valence-electron chi connectivity index (χ2n) is 6.32. The van der Waals surface area contributed by atoms with Crippen molar-refractivity contribution in [3.8, 4) is 11.1 Å². The number of nitrogens with two attached hydrogens (primary N) is 1. The van der Waals surface area contributed by atoms with Crippen molar-refractivity contribution in [1.29, 1.82) is 0 Å². The zero-order valence-electron chi connectivity index (χ0n) is 15.5. The van der Waals surface area contributed by atoms with Crippen LogP contribution in [-0.4, -0.2) is 41.3 Å². The Morgan fingerprint density at radius 2 is 2.00 bits per heavy atom. The second kappa shape index (κ2) is 9.51. The van der Waals surface area contributed by atoms with Crippen LogP contribution in [0.4, 0.5) is 11.5 Å². The molecular formula is C19H16AsCl2N4O4. The van der Waals surface area contributed by atoms with Crippen molar-refractivity contribution in [3.05, 3.63) is 68.4 Å². The van der Waals surface area contributed by atoms with Crippen molar-refractivity contribution in [2.75, 3.05) is 5.73 Å². The summed E-state index contributed by atoms with van der Waals surface area (Å²) in [5.41, 5.74) is 6.73. The number of hydrogen-bond acceptors (Lipinski definition) is 5. The number of aromatic carboxylic acids is 1. The number of halogens is 2. The summed E-state index contributed by atoms with van der Waals surface area (Å²) in [6, 6.07) is 7.95. The molecule has 2 heterocycles. The van der Waals surface area contributed by atoms with Gasteiger partial charge >= 0.3 is 189 Å². The quantitative estimate of drug-likeness (QED) is 0.205. The molecule has 0 saturated heterocycles. The van der Waals surface area contributed by atoms with Crippen LogP contribution in [0.2, 0.25) is 15.3 Å². The van der Waals surface area contributed by atoms with E-state index in [-0.39, 0.29) is 32.8 Å². The summed E-state index contributed by atoms with van der Waals surface area (Å²) in [4.78, 5) is 26.0. The molecule has 0 aliphatic carbocycles. The topological polar surface area (TPSA) is 124 Å². The molecule has 0 aliphatic heterocycles. The van der Waals surface area contributed by atoms with Crippen LogP contribution in [0, 0.1) is 10.1 Å². The number of hydrogen-bond donors (Lipinski definition) is 2. The molecule has 1 aromatic carbocycles. The summed E-state index contributed by atoms with van der Waals surface area (Å²) < 4.78 is 2.59. The number of nitro groups is 1. The molecule has 0 spiro atoms. The maximum absolute atomic E-state index is 11.7. The van der Waals surface area contributed by atoms with Crippen LogP contribution >= 0.6 is 23.2 Å². The number of nitrogen functional groups attached to an aromatic ring is 1. The number of pyridine rings is 1. The van der Waals surface area contributed by atoms with Gasteiger partial charge in [-0.15, -0.1) is 0 Å². The van der Waals surface area contributed by atoms with Crippen molar-refractivity contribution in [2.45, 2.75) is 18.2 Å². The molecule has 0 amide bonds. The van der Waals surface area contributed by atoms with Gasteiger partial charge in [-0.05, 0) is 0 Å². The summed E-state index contributed by atoms with van der Waals surface area (Å²) >= 11 is 11.9. The van der Waals surface area contributed by atoms with Gasteiger partial charge in [0.15, 0.2) is 0 Å². The van der Waals surface area contributed by atoms with Crippen LogP contribution in [-0.2, 0) is 6.54 Å². The fourth-order valence-corrected chi connectivity index (χ4v) is 5.25. The van der Waals surface area contributed by atoms with Crippen LogP contribution < -0.4 is 10.2 Å². The fraction of sp³-hybridized carbons (Fsp3) is 0.158. The summed E-state index contributed by atoms with van der Waals surface area (Å²) in [6.45, 7) is 0.615. The average Bonchev–Trinajstić information content (AvgIpc) is 3.09. The van der Waals surface area contributed by atoms with Gasteiger partial charge < -0.3 is 0 Å². The minimum atomic E-state index is -1.04. The van der Waals surface area contributed by atoms with E-state index in [0.717, 1.165) is 16.1 Å².